The molecule has 0 saturated carbocycles. The summed E-state index contributed by atoms with van der Waals surface area (Å²) in [7, 11) is 2.82. The Hall–Kier alpha value is -3.28. The minimum absolute atomic E-state index is 0.297. The van der Waals surface area contributed by atoms with Gasteiger partial charge in [-0.05, 0) is 43.3 Å². The van der Waals surface area contributed by atoms with Crippen LogP contribution in [0.3, 0.4) is 0 Å². The summed E-state index contributed by atoms with van der Waals surface area (Å²) in [5.41, 5.74) is 1.19. The Labute approximate surface area is 143 Å². The molecule has 3 rings (SSSR count). The van der Waals surface area contributed by atoms with E-state index in [1.807, 2.05) is 0 Å². The van der Waals surface area contributed by atoms with Gasteiger partial charge in [0, 0.05) is 5.39 Å². The minimum Gasteiger partial charge on any atom is -0.497 e. The second-order valence-corrected chi connectivity index (χ2v) is 5.30. The number of esters is 2. The molecule has 0 atom stereocenters. The molecule has 0 bridgehead atoms. The van der Waals surface area contributed by atoms with Gasteiger partial charge in [0.2, 0.25) is 0 Å². The topological polar surface area (TPSA) is 75.0 Å². The molecule has 0 fully saturated rings. The van der Waals surface area contributed by atoms with Gasteiger partial charge >= 0.3 is 11.9 Å². The van der Waals surface area contributed by atoms with Crippen LogP contribution in [0.25, 0.3) is 11.0 Å². The van der Waals surface area contributed by atoms with Crippen molar-refractivity contribution in [2.24, 2.45) is 0 Å². The van der Waals surface area contributed by atoms with Gasteiger partial charge in [0.1, 0.15) is 28.4 Å². The molecular weight excluding hydrogens is 324 g/mol. The highest BCUT2D eigenvalue weighted by atomic mass is 16.5. The molecule has 0 amide bonds. The number of carbonyl (C=O) groups excluding carboxylic acids is 2. The van der Waals surface area contributed by atoms with Gasteiger partial charge in [-0.2, -0.15) is 0 Å². The maximum absolute atomic E-state index is 12.3. The first-order chi connectivity index (χ1) is 12.0. The van der Waals surface area contributed by atoms with Crippen LogP contribution in [-0.4, -0.2) is 26.2 Å². The van der Waals surface area contributed by atoms with E-state index in [2.05, 4.69) is 0 Å². The van der Waals surface area contributed by atoms with Crippen molar-refractivity contribution in [3.05, 3.63) is 59.4 Å². The van der Waals surface area contributed by atoms with Crippen LogP contribution >= 0.6 is 0 Å². The summed E-state index contributed by atoms with van der Waals surface area (Å²) in [5, 5.41) is 0.528. The molecule has 25 heavy (non-hydrogen) atoms. The van der Waals surface area contributed by atoms with Gasteiger partial charge in [0.05, 0.1) is 19.8 Å². The molecule has 0 saturated heterocycles. The molecule has 1 aromatic heterocycles. The zero-order valence-electron chi connectivity index (χ0n) is 14.0. The van der Waals surface area contributed by atoms with Gasteiger partial charge < -0.3 is 18.6 Å². The fourth-order valence-corrected chi connectivity index (χ4v) is 2.53. The van der Waals surface area contributed by atoms with Crippen LogP contribution < -0.4 is 9.47 Å². The number of fused-ring (bicyclic) bond motifs is 1. The third-order valence-corrected chi connectivity index (χ3v) is 3.74. The first-order valence-corrected chi connectivity index (χ1v) is 7.51. The molecule has 6 nitrogen and oxygen atoms in total. The molecule has 0 unspecified atom stereocenters. The number of carbonyl (C=O) groups is 2. The molecule has 3 aromatic rings. The van der Waals surface area contributed by atoms with E-state index in [1.54, 1.807) is 49.4 Å². The summed E-state index contributed by atoms with van der Waals surface area (Å²) >= 11 is 0. The fourth-order valence-electron chi connectivity index (χ4n) is 2.53. The molecular formula is C19H16O6. The van der Waals surface area contributed by atoms with Crippen molar-refractivity contribution in [2.45, 2.75) is 6.92 Å². The van der Waals surface area contributed by atoms with E-state index in [9.17, 15) is 9.59 Å². The van der Waals surface area contributed by atoms with E-state index in [0.29, 0.717) is 39.4 Å². The Balaban J connectivity index is 1.93. The summed E-state index contributed by atoms with van der Waals surface area (Å²) in [6, 6.07) is 11.5. The Morgan fingerprint density at radius 1 is 0.960 bits per heavy atom. The van der Waals surface area contributed by atoms with Gasteiger partial charge in [0.15, 0.2) is 0 Å². The van der Waals surface area contributed by atoms with Crippen LogP contribution in [0, 0.1) is 6.92 Å². The van der Waals surface area contributed by atoms with Crippen molar-refractivity contribution >= 4 is 22.9 Å². The van der Waals surface area contributed by atoms with Gasteiger partial charge in [-0.3, -0.25) is 0 Å². The van der Waals surface area contributed by atoms with Crippen molar-refractivity contribution in [1.29, 1.82) is 0 Å². The van der Waals surface area contributed by atoms with Crippen molar-refractivity contribution < 1.29 is 28.2 Å². The highest BCUT2D eigenvalue weighted by Gasteiger charge is 2.20. The van der Waals surface area contributed by atoms with E-state index in [4.69, 9.17) is 18.6 Å². The molecule has 0 N–H and O–H groups in total. The predicted octanol–water partition coefficient (Wildman–Crippen LogP) is 3.76. The largest absolute Gasteiger partial charge is 0.497 e. The summed E-state index contributed by atoms with van der Waals surface area (Å²) in [6.07, 6.45) is 0. The van der Waals surface area contributed by atoms with Gasteiger partial charge in [-0.25, -0.2) is 9.59 Å². The number of aryl methyl sites for hydroxylation is 1. The average molecular weight is 340 g/mol. The highest BCUT2D eigenvalue weighted by molar-refractivity contribution is 6.05. The maximum atomic E-state index is 12.3. The zero-order chi connectivity index (χ0) is 18.0. The molecule has 128 valence electrons. The first-order valence-electron chi connectivity index (χ1n) is 7.51. The van der Waals surface area contributed by atoms with Crippen LogP contribution in [-0.2, 0) is 4.74 Å². The zero-order valence-corrected chi connectivity index (χ0v) is 14.0. The number of benzene rings is 2. The molecule has 0 aliphatic rings. The lowest BCUT2D eigenvalue weighted by Gasteiger charge is -2.06. The second kappa shape index (κ2) is 6.68. The maximum Gasteiger partial charge on any atom is 0.343 e. The molecule has 1 heterocycles. The summed E-state index contributed by atoms with van der Waals surface area (Å²) in [6.45, 7) is 1.67. The third-order valence-electron chi connectivity index (χ3n) is 3.74. The van der Waals surface area contributed by atoms with Crippen LogP contribution in [0.2, 0.25) is 0 Å². The minimum atomic E-state index is -0.530. The van der Waals surface area contributed by atoms with Gasteiger partial charge in [0.25, 0.3) is 0 Å². The number of rotatable bonds is 4. The third kappa shape index (κ3) is 3.19. The van der Waals surface area contributed by atoms with Crippen LogP contribution in [0.1, 0.15) is 26.5 Å². The Bertz CT molecular complexity index is 954. The van der Waals surface area contributed by atoms with Crippen molar-refractivity contribution in [3.8, 4) is 11.5 Å². The van der Waals surface area contributed by atoms with Crippen molar-refractivity contribution in [2.75, 3.05) is 14.2 Å². The Morgan fingerprint density at radius 3 is 2.48 bits per heavy atom. The van der Waals surface area contributed by atoms with E-state index >= 15 is 0 Å². The van der Waals surface area contributed by atoms with E-state index in [-0.39, 0.29) is 0 Å². The highest BCUT2D eigenvalue weighted by Crippen LogP contribution is 2.30. The molecule has 2 aromatic carbocycles. The number of furan rings is 1. The second-order valence-electron chi connectivity index (χ2n) is 5.30. The smallest absolute Gasteiger partial charge is 0.343 e. The van der Waals surface area contributed by atoms with Crippen LogP contribution in [0.15, 0.2) is 46.9 Å². The molecule has 0 spiro atoms. The standard InChI is InChI=1S/C19H16O6/c1-11-17(19(21)23-3)15-10-14(7-8-16(15)24-11)25-18(20)12-5-4-6-13(9-12)22-2/h4-10H,1-3H3. The monoisotopic (exact) mass is 340 g/mol. The number of methoxy groups -OCH3 is 2. The molecule has 6 heteroatoms. The lowest BCUT2D eigenvalue weighted by molar-refractivity contribution is 0.0600. The van der Waals surface area contributed by atoms with Crippen LogP contribution in [0.5, 0.6) is 11.5 Å². The summed E-state index contributed by atoms with van der Waals surface area (Å²) in [4.78, 5) is 24.2. The van der Waals surface area contributed by atoms with E-state index in [1.165, 1.54) is 14.2 Å². The van der Waals surface area contributed by atoms with Crippen molar-refractivity contribution in [1.82, 2.24) is 0 Å². The first kappa shape index (κ1) is 16.6. The Kier molecular flexibility index (Phi) is 4.43. The lowest BCUT2D eigenvalue weighted by Crippen LogP contribution is -2.08. The molecule has 0 aliphatic carbocycles. The SMILES string of the molecule is COC(=O)c1c(C)oc2ccc(OC(=O)c3cccc(OC)c3)cc12. The molecule has 0 aliphatic heterocycles. The van der Waals surface area contributed by atoms with E-state index < -0.39 is 11.9 Å². The Morgan fingerprint density at radius 2 is 1.76 bits per heavy atom. The van der Waals surface area contributed by atoms with Gasteiger partial charge in [-0.1, -0.05) is 6.07 Å². The number of hydrogen-bond acceptors (Lipinski definition) is 6. The summed E-state index contributed by atoms with van der Waals surface area (Å²) < 4.78 is 20.8. The van der Waals surface area contributed by atoms with Crippen LogP contribution in [0.4, 0.5) is 0 Å². The molecule has 0 radical (unpaired) electrons. The average Bonchev–Trinajstić information content (AvgIpc) is 2.96. The number of ether oxygens (including phenoxy) is 3. The van der Waals surface area contributed by atoms with Crippen molar-refractivity contribution in [3.63, 3.8) is 0 Å². The quantitative estimate of drug-likeness (QED) is 0.532. The van der Waals surface area contributed by atoms with E-state index in [0.717, 1.165) is 0 Å². The summed E-state index contributed by atoms with van der Waals surface area (Å²) in [5.74, 6) is 0.262. The number of hydrogen-bond donors (Lipinski definition) is 0. The van der Waals surface area contributed by atoms with Gasteiger partial charge in [-0.15, -0.1) is 0 Å². The predicted molar refractivity (Wildman–Crippen MR) is 90.2 cm³/mol. The fraction of sp³-hybridized carbons (Fsp3) is 0.158. The normalized spacial score (nSPS) is 10.5. The lowest BCUT2D eigenvalue weighted by atomic mass is 10.1.